The molecule has 0 spiro atoms. The largest absolute Gasteiger partial charge is 0.341 e. The molecule has 2 unspecified atom stereocenters. The van der Waals surface area contributed by atoms with Crippen LogP contribution in [-0.4, -0.2) is 38.4 Å². The number of sulfonamides is 1. The highest BCUT2D eigenvalue weighted by atomic mass is 32.2. The molecule has 1 fully saturated rings. The van der Waals surface area contributed by atoms with Crippen molar-refractivity contribution in [2.45, 2.75) is 37.6 Å². The van der Waals surface area contributed by atoms with Gasteiger partial charge in [0.2, 0.25) is 5.91 Å². The normalized spacial score (nSPS) is 23.0. The minimum atomic E-state index is -3.71. The molecule has 132 valence electrons. The van der Waals surface area contributed by atoms with Crippen LogP contribution in [0.25, 0.3) is 10.8 Å². The van der Waals surface area contributed by atoms with Gasteiger partial charge in [0, 0.05) is 18.5 Å². The topological polar surface area (TPSA) is 57.7 Å². The van der Waals surface area contributed by atoms with Crippen molar-refractivity contribution in [1.29, 1.82) is 0 Å². The summed E-state index contributed by atoms with van der Waals surface area (Å²) in [5.74, 6) is 0.348. The van der Waals surface area contributed by atoms with Crippen molar-refractivity contribution >= 4 is 32.4 Å². The molecule has 2 heterocycles. The highest BCUT2D eigenvalue weighted by Gasteiger charge is 2.42. The molecular weight excluding hydrogens is 336 g/mol. The van der Waals surface area contributed by atoms with E-state index in [9.17, 15) is 13.2 Å². The maximum atomic E-state index is 13.1. The Labute approximate surface area is 148 Å². The Morgan fingerprint density at radius 1 is 1.20 bits per heavy atom. The van der Waals surface area contributed by atoms with E-state index in [-0.39, 0.29) is 5.91 Å². The first-order chi connectivity index (χ1) is 11.9. The number of hydrogen-bond acceptors (Lipinski definition) is 3. The van der Waals surface area contributed by atoms with Gasteiger partial charge in [-0.05, 0) is 43.2 Å². The van der Waals surface area contributed by atoms with E-state index in [1.807, 2.05) is 23.1 Å². The van der Waals surface area contributed by atoms with Gasteiger partial charge in [-0.1, -0.05) is 31.2 Å². The van der Waals surface area contributed by atoms with Crippen LogP contribution in [0, 0.1) is 5.92 Å². The Kier molecular flexibility index (Phi) is 3.76. The average molecular weight is 358 g/mol. The molecule has 2 aromatic rings. The zero-order valence-corrected chi connectivity index (χ0v) is 15.3. The number of hydrogen-bond donors (Lipinski definition) is 0. The summed E-state index contributed by atoms with van der Waals surface area (Å²) in [5, 5.41) is 1.60. The van der Waals surface area contributed by atoms with Crippen molar-refractivity contribution in [3.63, 3.8) is 0 Å². The van der Waals surface area contributed by atoms with Crippen molar-refractivity contribution < 1.29 is 13.2 Å². The minimum absolute atomic E-state index is 0.111. The van der Waals surface area contributed by atoms with E-state index in [4.69, 9.17) is 0 Å². The zero-order valence-electron chi connectivity index (χ0n) is 14.5. The fourth-order valence-electron chi connectivity index (χ4n) is 4.09. The first-order valence-corrected chi connectivity index (χ1v) is 10.2. The summed E-state index contributed by atoms with van der Waals surface area (Å²) in [6, 6.07) is 10.1. The molecule has 5 nitrogen and oxygen atoms in total. The molecule has 1 saturated heterocycles. The molecule has 0 bridgehead atoms. The van der Waals surface area contributed by atoms with Gasteiger partial charge in [0.05, 0.1) is 10.6 Å². The van der Waals surface area contributed by atoms with Gasteiger partial charge in [0.25, 0.3) is 10.0 Å². The van der Waals surface area contributed by atoms with Crippen LogP contribution in [0.4, 0.5) is 5.69 Å². The Balaban J connectivity index is 1.76. The lowest BCUT2D eigenvalue weighted by molar-refractivity contribution is -0.133. The molecule has 0 aliphatic carbocycles. The number of piperidine rings is 1. The lowest BCUT2D eigenvalue weighted by atomic mass is 9.99. The summed E-state index contributed by atoms with van der Waals surface area (Å²) in [6.45, 7) is 5.24. The summed E-state index contributed by atoms with van der Waals surface area (Å²) in [4.78, 5) is 15.1. The van der Waals surface area contributed by atoms with E-state index in [0.717, 1.165) is 23.6 Å². The standard InChI is InChI=1S/C19H22N2O3S/c1-13-6-5-11-20(12-13)19(22)14(2)21-16-9-3-7-15-8-4-10-17(18(15)16)25(21,23)24/h3-4,7-10,13-14H,5-6,11-12H2,1-2H3. The number of likely N-dealkylation sites (tertiary alicyclic amines) is 1. The molecule has 2 atom stereocenters. The Morgan fingerprint density at radius 3 is 2.64 bits per heavy atom. The number of benzene rings is 2. The van der Waals surface area contributed by atoms with Gasteiger partial charge in [-0.25, -0.2) is 8.42 Å². The van der Waals surface area contributed by atoms with E-state index >= 15 is 0 Å². The number of carbonyl (C=O) groups is 1. The van der Waals surface area contributed by atoms with Gasteiger partial charge in [-0.15, -0.1) is 0 Å². The van der Waals surface area contributed by atoms with Gasteiger partial charge < -0.3 is 4.90 Å². The van der Waals surface area contributed by atoms with Crippen LogP contribution in [0.3, 0.4) is 0 Å². The first kappa shape index (κ1) is 16.4. The quantitative estimate of drug-likeness (QED) is 0.829. The third-order valence-corrected chi connectivity index (χ3v) is 7.22. The molecule has 2 aliphatic heterocycles. The molecule has 0 radical (unpaired) electrons. The summed E-state index contributed by atoms with van der Waals surface area (Å²) < 4.78 is 27.5. The smallest absolute Gasteiger partial charge is 0.265 e. The van der Waals surface area contributed by atoms with Gasteiger partial charge in [-0.2, -0.15) is 0 Å². The number of amides is 1. The lowest BCUT2D eigenvalue weighted by Gasteiger charge is -2.35. The van der Waals surface area contributed by atoms with E-state index in [0.29, 0.717) is 29.6 Å². The van der Waals surface area contributed by atoms with E-state index in [2.05, 4.69) is 6.92 Å². The van der Waals surface area contributed by atoms with Crippen LogP contribution >= 0.6 is 0 Å². The lowest BCUT2D eigenvalue weighted by Crippen LogP contribution is -2.50. The number of nitrogens with zero attached hydrogens (tertiary/aromatic N) is 2. The van der Waals surface area contributed by atoms with E-state index in [1.165, 1.54) is 4.31 Å². The molecule has 25 heavy (non-hydrogen) atoms. The highest BCUT2D eigenvalue weighted by molar-refractivity contribution is 7.93. The monoisotopic (exact) mass is 358 g/mol. The maximum absolute atomic E-state index is 13.1. The summed E-state index contributed by atoms with van der Waals surface area (Å²) in [7, 11) is -3.71. The third-order valence-electron chi connectivity index (χ3n) is 5.30. The van der Waals surface area contributed by atoms with Gasteiger partial charge >= 0.3 is 0 Å². The second-order valence-corrected chi connectivity index (χ2v) is 8.92. The molecule has 4 rings (SSSR count). The molecule has 6 heteroatoms. The van der Waals surface area contributed by atoms with Crippen LogP contribution in [-0.2, 0) is 14.8 Å². The van der Waals surface area contributed by atoms with Crippen LogP contribution in [0.15, 0.2) is 41.3 Å². The van der Waals surface area contributed by atoms with Gasteiger partial charge in [0.15, 0.2) is 0 Å². The summed E-state index contributed by atoms with van der Waals surface area (Å²) in [6.07, 6.45) is 2.09. The van der Waals surface area contributed by atoms with Crippen molar-refractivity contribution in [1.82, 2.24) is 4.90 Å². The molecule has 0 N–H and O–H groups in total. The second kappa shape index (κ2) is 5.73. The van der Waals surface area contributed by atoms with E-state index < -0.39 is 16.1 Å². The van der Waals surface area contributed by atoms with Crippen molar-refractivity contribution in [2.24, 2.45) is 5.92 Å². The zero-order chi connectivity index (χ0) is 17.8. The van der Waals surface area contributed by atoms with Crippen LogP contribution < -0.4 is 4.31 Å². The molecular formula is C19H22N2O3S. The highest BCUT2D eigenvalue weighted by Crippen LogP contribution is 2.43. The number of carbonyl (C=O) groups excluding carboxylic acids is 1. The van der Waals surface area contributed by atoms with E-state index in [1.54, 1.807) is 25.1 Å². The predicted octanol–water partition coefficient (Wildman–Crippen LogP) is 3.00. The average Bonchev–Trinajstić information content (AvgIpc) is 2.83. The van der Waals surface area contributed by atoms with Gasteiger partial charge in [-0.3, -0.25) is 9.10 Å². The number of rotatable bonds is 2. The minimum Gasteiger partial charge on any atom is -0.341 e. The Bertz CT molecular complexity index is 949. The van der Waals surface area contributed by atoms with Crippen molar-refractivity contribution in [3.05, 3.63) is 36.4 Å². The summed E-state index contributed by atoms with van der Waals surface area (Å²) in [5.41, 5.74) is 0.610. The first-order valence-electron chi connectivity index (χ1n) is 8.76. The fraction of sp³-hybridized carbons (Fsp3) is 0.421. The van der Waals surface area contributed by atoms with Crippen LogP contribution in [0.2, 0.25) is 0 Å². The second-order valence-electron chi connectivity index (χ2n) is 7.14. The van der Waals surface area contributed by atoms with Crippen LogP contribution in [0.5, 0.6) is 0 Å². The molecule has 1 amide bonds. The predicted molar refractivity (Wildman–Crippen MR) is 98.1 cm³/mol. The fourth-order valence-corrected chi connectivity index (χ4v) is 5.95. The Hall–Kier alpha value is -2.08. The van der Waals surface area contributed by atoms with Gasteiger partial charge in [0.1, 0.15) is 6.04 Å². The maximum Gasteiger partial charge on any atom is 0.265 e. The third kappa shape index (κ3) is 2.42. The van der Waals surface area contributed by atoms with Crippen molar-refractivity contribution in [2.75, 3.05) is 17.4 Å². The molecule has 0 saturated carbocycles. The molecule has 2 aromatic carbocycles. The molecule has 0 aromatic heterocycles. The van der Waals surface area contributed by atoms with Crippen molar-refractivity contribution in [3.8, 4) is 0 Å². The van der Waals surface area contributed by atoms with Crippen LogP contribution in [0.1, 0.15) is 26.7 Å². The number of anilines is 1. The summed E-state index contributed by atoms with van der Waals surface area (Å²) >= 11 is 0. The SMILES string of the molecule is CC1CCCN(C(=O)C(C)N2c3cccc4cccc(c34)S2(=O)=O)C1. The Morgan fingerprint density at radius 2 is 1.92 bits per heavy atom. The molecule has 2 aliphatic rings.